The molecule has 124 valence electrons. The van der Waals surface area contributed by atoms with Crippen LogP contribution in [-0.2, 0) is 4.79 Å². The van der Waals surface area contributed by atoms with Gasteiger partial charge in [0.25, 0.3) is 0 Å². The number of hydrogen-bond acceptors (Lipinski definition) is 4. The lowest BCUT2D eigenvalue weighted by Gasteiger charge is -2.35. The Kier molecular flexibility index (Phi) is 6.22. The molecule has 2 rings (SSSR count). The van der Waals surface area contributed by atoms with Crippen molar-refractivity contribution in [2.24, 2.45) is 0 Å². The molecule has 0 saturated heterocycles. The number of nitrogens with zero attached hydrogens (tertiary/aromatic N) is 2. The molecule has 2 fully saturated rings. The van der Waals surface area contributed by atoms with Crippen molar-refractivity contribution < 1.29 is 9.90 Å². The summed E-state index contributed by atoms with van der Waals surface area (Å²) in [5.41, 5.74) is -0.653. The van der Waals surface area contributed by atoms with Gasteiger partial charge in [0.15, 0.2) is 0 Å². The highest BCUT2D eigenvalue weighted by molar-refractivity contribution is 5.79. The molecule has 5 heteroatoms. The molecule has 0 spiro atoms. The number of aliphatic hydroxyl groups excluding tert-OH is 1. The van der Waals surface area contributed by atoms with E-state index in [1.807, 2.05) is 0 Å². The first-order valence-electron chi connectivity index (χ1n) is 8.69. The average Bonchev–Trinajstić information content (AvgIpc) is 2.96. The Morgan fingerprint density at radius 1 is 1.32 bits per heavy atom. The number of hydrogen-bond donors (Lipinski definition) is 2. The molecule has 1 unspecified atom stereocenters. The van der Waals surface area contributed by atoms with Gasteiger partial charge in [0, 0.05) is 12.6 Å². The highest BCUT2D eigenvalue weighted by Crippen LogP contribution is 2.29. The van der Waals surface area contributed by atoms with Gasteiger partial charge in [0.1, 0.15) is 5.54 Å². The van der Waals surface area contributed by atoms with Crippen LogP contribution in [0.25, 0.3) is 0 Å². The third-order valence-electron chi connectivity index (χ3n) is 4.99. The minimum absolute atomic E-state index is 0.0744. The van der Waals surface area contributed by atoms with E-state index < -0.39 is 11.6 Å². The molecule has 0 radical (unpaired) electrons. The van der Waals surface area contributed by atoms with Crippen molar-refractivity contribution >= 4 is 5.91 Å². The Bertz CT molecular complexity index is 405. The van der Waals surface area contributed by atoms with Crippen LogP contribution in [0, 0.1) is 11.3 Å². The standard InChI is InChI=1S/C17H29N3O2/c1-14(21)11-20(15-7-3-2-4-8-15)12-16(22)19-17(13-18)9-5-6-10-17/h14-15,21H,2-12H2,1H3,(H,19,22). The number of rotatable bonds is 6. The monoisotopic (exact) mass is 307 g/mol. The SMILES string of the molecule is CC(O)CN(CC(=O)NC1(C#N)CCCC1)C1CCCCC1. The van der Waals surface area contributed by atoms with Crippen molar-refractivity contribution in [1.82, 2.24) is 10.2 Å². The second-order valence-corrected chi connectivity index (χ2v) is 7.02. The van der Waals surface area contributed by atoms with Gasteiger partial charge >= 0.3 is 0 Å². The lowest BCUT2D eigenvalue weighted by Crippen LogP contribution is -2.52. The first-order chi connectivity index (χ1) is 10.5. The van der Waals surface area contributed by atoms with Gasteiger partial charge in [0.05, 0.1) is 18.7 Å². The van der Waals surface area contributed by atoms with Crippen LogP contribution in [0.2, 0.25) is 0 Å². The number of aliphatic hydroxyl groups is 1. The van der Waals surface area contributed by atoms with Gasteiger partial charge < -0.3 is 10.4 Å². The largest absolute Gasteiger partial charge is 0.392 e. The molecule has 1 amide bonds. The van der Waals surface area contributed by atoms with Crippen LogP contribution >= 0.6 is 0 Å². The minimum atomic E-state index is -0.653. The van der Waals surface area contributed by atoms with Crippen LogP contribution in [0.15, 0.2) is 0 Å². The summed E-state index contributed by atoms with van der Waals surface area (Å²) in [6.07, 6.45) is 8.96. The smallest absolute Gasteiger partial charge is 0.235 e. The van der Waals surface area contributed by atoms with E-state index in [9.17, 15) is 15.2 Å². The van der Waals surface area contributed by atoms with Gasteiger partial charge in [-0.25, -0.2) is 0 Å². The zero-order valence-corrected chi connectivity index (χ0v) is 13.7. The molecule has 1 atom stereocenters. The number of carbonyl (C=O) groups excluding carboxylic acids is 1. The summed E-state index contributed by atoms with van der Waals surface area (Å²) < 4.78 is 0. The van der Waals surface area contributed by atoms with Crippen LogP contribution in [0.3, 0.4) is 0 Å². The second kappa shape index (κ2) is 7.94. The van der Waals surface area contributed by atoms with Crippen molar-refractivity contribution in [2.45, 2.75) is 82.4 Å². The van der Waals surface area contributed by atoms with Gasteiger partial charge in [-0.1, -0.05) is 19.3 Å². The maximum absolute atomic E-state index is 12.4. The fourth-order valence-corrected chi connectivity index (χ4v) is 3.86. The molecule has 0 aromatic heterocycles. The first-order valence-corrected chi connectivity index (χ1v) is 8.69. The molecule has 22 heavy (non-hydrogen) atoms. The van der Waals surface area contributed by atoms with E-state index in [2.05, 4.69) is 16.3 Å². The molecule has 0 bridgehead atoms. The third-order valence-corrected chi connectivity index (χ3v) is 4.99. The molecular weight excluding hydrogens is 278 g/mol. The predicted octanol–water partition coefficient (Wildman–Crippen LogP) is 1.95. The Labute approximate surface area is 133 Å². The summed E-state index contributed by atoms with van der Waals surface area (Å²) >= 11 is 0. The van der Waals surface area contributed by atoms with Gasteiger partial charge in [-0.05, 0) is 45.4 Å². The summed E-state index contributed by atoms with van der Waals surface area (Å²) in [7, 11) is 0. The quantitative estimate of drug-likeness (QED) is 0.786. The summed E-state index contributed by atoms with van der Waals surface area (Å²) in [5.74, 6) is -0.0744. The van der Waals surface area contributed by atoms with Gasteiger partial charge in [-0.15, -0.1) is 0 Å². The number of amides is 1. The van der Waals surface area contributed by atoms with Crippen molar-refractivity contribution in [3.05, 3.63) is 0 Å². The second-order valence-electron chi connectivity index (χ2n) is 7.02. The van der Waals surface area contributed by atoms with E-state index in [1.54, 1.807) is 6.92 Å². The van der Waals surface area contributed by atoms with E-state index in [1.165, 1.54) is 19.3 Å². The van der Waals surface area contributed by atoms with Crippen LogP contribution in [-0.4, -0.2) is 46.7 Å². The van der Waals surface area contributed by atoms with E-state index in [-0.39, 0.29) is 5.91 Å². The van der Waals surface area contributed by atoms with Crippen LogP contribution in [0.1, 0.15) is 64.7 Å². The molecule has 0 aliphatic heterocycles. The maximum atomic E-state index is 12.4. The van der Waals surface area contributed by atoms with E-state index >= 15 is 0 Å². The molecule has 0 aromatic rings. The fourth-order valence-electron chi connectivity index (χ4n) is 3.86. The first kappa shape index (κ1) is 17.2. The molecule has 2 saturated carbocycles. The van der Waals surface area contributed by atoms with Gasteiger partial charge in [-0.2, -0.15) is 5.26 Å². The summed E-state index contributed by atoms with van der Waals surface area (Å²) in [6.45, 7) is 2.58. The number of carbonyl (C=O) groups is 1. The molecule has 2 aliphatic rings. The molecule has 2 N–H and O–H groups in total. The molecule has 0 aromatic carbocycles. The van der Waals surface area contributed by atoms with Gasteiger partial charge in [-0.3, -0.25) is 9.69 Å². The van der Waals surface area contributed by atoms with Crippen molar-refractivity contribution in [2.75, 3.05) is 13.1 Å². The van der Waals surface area contributed by atoms with Gasteiger partial charge in [0.2, 0.25) is 5.91 Å². The Morgan fingerprint density at radius 3 is 2.50 bits per heavy atom. The molecule has 0 heterocycles. The lowest BCUT2D eigenvalue weighted by molar-refractivity contribution is -0.124. The topological polar surface area (TPSA) is 76.4 Å². The van der Waals surface area contributed by atoms with Crippen molar-refractivity contribution in [1.29, 1.82) is 5.26 Å². The Balaban J connectivity index is 1.93. The summed E-state index contributed by atoms with van der Waals surface area (Å²) in [4.78, 5) is 14.5. The van der Waals surface area contributed by atoms with Crippen LogP contribution in [0.4, 0.5) is 0 Å². The molecule has 2 aliphatic carbocycles. The maximum Gasteiger partial charge on any atom is 0.235 e. The summed E-state index contributed by atoms with van der Waals surface area (Å²) in [5, 5.41) is 22.1. The van der Waals surface area contributed by atoms with Crippen LogP contribution in [0.5, 0.6) is 0 Å². The third kappa shape index (κ3) is 4.69. The lowest BCUT2D eigenvalue weighted by atomic mass is 9.94. The highest BCUT2D eigenvalue weighted by atomic mass is 16.3. The normalized spacial score (nSPS) is 23.2. The van der Waals surface area contributed by atoms with E-state index in [0.29, 0.717) is 19.1 Å². The average molecular weight is 307 g/mol. The highest BCUT2D eigenvalue weighted by Gasteiger charge is 2.36. The van der Waals surface area contributed by atoms with E-state index in [0.717, 1.165) is 38.5 Å². The number of nitrogens with one attached hydrogen (secondary N) is 1. The minimum Gasteiger partial charge on any atom is -0.392 e. The zero-order valence-electron chi connectivity index (χ0n) is 13.7. The zero-order chi connectivity index (χ0) is 16.0. The molecule has 5 nitrogen and oxygen atoms in total. The van der Waals surface area contributed by atoms with Crippen molar-refractivity contribution in [3.8, 4) is 6.07 Å². The Morgan fingerprint density at radius 2 is 1.95 bits per heavy atom. The fraction of sp³-hybridized carbons (Fsp3) is 0.882. The summed E-state index contributed by atoms with van der Waals surface area (Å²) in [6, 6.07) is 2.69. The predicted molar refractivity (Wildman–Crippen MR) is 85.1 cm³/mol. The Hall–Kier alpha value is -1.12. The van der Waals surface area contributed by atoms with Crippen LogP contribution < -0.4 is 5.32 Å². The van der Waals surface area contributed by atoms with Crippen molar-refractivity contribution in [3.63, 3.8) is 0 Å². The van der Waals surface area contributed by atoms with E-state index in [4.69, 9.17) is 0 Å². The molecular formula is C17H29N3O2. The number of nitriles is 1.